The zero-order valence-corrected chi connectivity index (χ0v) is 24.5. The maximum atomic E-state index is 2.40. The van der Waals surface area contributed by atoms with Crippen LogP contribution >= 0.6 is 22.9 Å². The maximum Gasteiger partial charge on any atom is 0.0775 e. The van der Waals surface area contributed by atoms with Crippen molar-refractivity contribution in [2.24, 2.45) is 0 Å². The largest absolute Gasteiger partial charge is 0.309 e. The van der Waals surface area contributed by atoms with Crippen LogP contribution in [0.3, 0.4) is 0 Å². The molecule has 0 bridgehead atoms. The van der Waals surface area contributed by atoms with Crippen LogP contribution in [0.5, 0.6) is 0 Å². The van der Waals surface area contributed by atoms with E-state index in [-0.39, 0.29) is 0 Å². The van der Waals surface area contributed by atoms with Gasteiger partial charge in [0.05, 0.1) is 53.3 Å². The average molecular weight is 609 g/mol. The number of aromatic nitrogens is 1. The Balaban J connectivity index is 1.35. The minimum atomic E-state index is -1.29. The molecule has 0 spiro atoms. The second kappa shape index (κ2) is 9.51. The van der Waals surface area contributed by atoms with Crippen molar-refractivity contribution in [2.75, 3.05) is 3.11 Å². The molecular weight excluding hydrogens is 579 g/mol. The van der Waals surface area contributed by atoms with Crippen LogP contribution in [0.4, 0.5) is 11.4 Å². The van der Waals surface area contributed by atoms with Gasteiger partial charge in [0.1, 0.15) is 0 Å². The van der Waals surface area contributed by atoms with E-state index in [4.69, 9.17) is 0 Å². The van der Waals surface area contributed by atoms with E-state index in [1.807, 2.05) is 0 Å². The van der Waals surface area contributed by atoms with Gasteiger partial charge in [-0.3, -0.25) is 3.11 Å². The molecule has 2 nitrogen and oxygen atoms in total. The Bertz CT molecular complexity index is 1700. The fourth-order valence-electron chi connectivity index (χ4n) is 5.03. The van der Waals surface area contributed by atoms with Crippen LogP contribution in [0.1, 0.15) is 0 Å². The van der Waals surface area contributed by atoms with Crippen LogP contribution in [0.2, 0.25) is 19.6 Å². The lowest BCUT2D eigenvalue weighted by Gasteiger charge is -2.20. The number of hydrogen-bond acceptors (Lipinski definition) is 1. The van der Waals surface area contributed by atoms with Gasteiger partial charge < -0.3 is 4.57 Å². The smallest absolute Gasteiger partial charge is 0.0775 e. The van der Waals surface area contributed by atoms with Gasteiger partial charge in [0, 0.05) is 16.5 Å². The first-order valence-corrected chi connectivity index (χ1v) is 17.1. The quantitative estimate of drug-likeness (QED) is 0.108. The molecule has 0 saturated heterocycles. The molecular formula is C33H29IN2Si. The van der Waals surface area contributed by atoms with E-state index in [0.29, 0.717) is 0 Å². The minimum Gasteiger partial charge on any atom is -0.309 e. The third-order valence-corrected chi connectivity index (χ3v) is 10.3. The molecule has 6 rings (SSSR count). The lowest BCUT2D eigenvalue weighted by atomic mass is 10.0. The topological polar surface area (TPSA) is 8.17 Å². The van der Waals surface area contributed by atoms with Crippen molar-refractivity contribution in [2.45, 2.75) is 19.6 Å². The summed E-state index contributed by atoms with van der Waals surface area (Å²) < 4.78 is 4.59. The van der Waals surface area contributed by atoms with Crippen molar-refractivity contribution < 1.29 is 0 Å². The van der Waals surface area contributed by atoms with Gasteiger partial charge in [0.2, 0.25) is 0 Å². The molecule has 1 aromatic heterocycles. The molecule has 0 unspecified atom stereocenters. The first-order valence-electron chi connectivity index (χ1n) is 12.7. The highest BCUT2D eigenvalue weighted by Gasteiger charge is 2.17. The van der Waals surface area contributed by atoms with E-state index in [2.05, 4.69) is 172 Å². The average Bonchev–Trinajstić information content (AvgIpc) is 3.26. The minimum absolute atomic E-state index is 1.17. The standard InChI is InChI=1S/C33H29IN2Si/c1-37(2,3)29-20-18-28(19-21-29)36(34)27-16-13-24(14-17-27)25-15-22-33-31(23-25)30-11-7-8-12-32(30)35(33)26-9-5-4-6-10-26/h4-23H,1-3H3. The fraction of sp³-hybridized carbons (Fsp3) is 0.0909. The molecule has 0 amide bonds. The third-order valence-electron chi connectivity index (χ3n) is 7.07. The molecule has 1 heterocycles. The van der Waals surface area contributed by atoms with E-state index in [0.717, 1.165) is 0 Å². The number of para-hydroxylation sites is 2. The van der Waals surface area contributed by atoms with E-state index >= 15 is 0 Å². The number of halogens is 1. The highest BCUT2D eigenvalue weighted by Crippen LogP contribution is 2.36. The number of hydrogen-bond donors (Lipinski definition) is 0. The molecule has 4 heteroatoms. The van der Waals surface area contributed by atoms with Crippen molar-refractivity contribution in [1.29, 1.82) is 0 Å². The lowest BCUT2D eigenvalue weighted by Crippen LogP contribution is -2.37. The molecule has 37 heavy (non-hydrogen) atoms. The predicted molar refractivity (Wildman–Crippen MR) is 172 cm³/mol. The summed E-state index contributed by atoms with van der Waals surface area (Å²) in [5, 5.41) is 4.04. The van der Waals surface area contributed by atoms with Gasteiger partial charge in [0.15, 0.2) is 0 Å². The summed E-state index contributed by atoms with van der Waals surface area (Å²) in [5.74, 6) is 0. The summed E-state index contributed by atoms with van der Waals surface area (Å²) in [6.07, 6.45) is 0. The third kappa shape index (κ3) is 4.49. The highest BCUT2D eigenvalue weighted by atomic mass is 127. The summed E-state index contributed by atoms with van der Waals surface area (Å²) in [5.41, 5.74) is 8.48. The Labute approximate surface area is 233 Å². The Hall–Kier alpha value is -3.35. The van der Waals surface area contributed by atoms with Gasteiger partial charge >= 0.3 is 0 Å². The summed E-state index contributed by atoms with van der Waals surface area (Å²) in [4.78, 5) is 0. The second-order valence-electron chi connectivity index (χ2n) is 10.5. The van der Waals surface area contributed by atoms with Gasteiger partial charge in [-0.05, 0) is 65.7 Å². The molecule has 182 valence electrons. The monoisotopic (exact) mass is 608 g/mol. The second-order valence-corrected chi connectivity index (χ2v) is 16.6. The van der Waals surface area contributed by atoms with Crippen LogP contribution < -0.4 is 8.30 Å². The molecule has 0 N–H and O–H groups in total. The summed E-state index contributed by atoms with van der Waals surface area (Å²) in [6.45, 7) is 7.16. The number of benzene rings is 5. The fourth-order valence-corrected chi connectivity index (χ4v) is 6.84. The van der Waals surface area contributed by atoms with Crippen molar-refractivity contribution in [3.05, 3.63) is 121 Å². The van der Waals surface area contributed by atoms with Gasteiger partial charge in [0.25, 0.3) is 0 Å². The van der Waals surface area contributed by atoms with Crippen molar-refractivity contribution in [1.82, 2.24) is 4.57 Å². The number of nitrogens with zero attached hydrogens (tertiary/aromatic N) is 2. The molecule has 5 aromatic carbocycles. The van der Waals surface area contributed by atoms with E-state index in [1.165, 1.54) is 55.2 Å². The van der Waals surface area contributed by atoms with Crippen molar-refractivity contribution in [3.63, 3.8) is 0 Å². The van der Waals surface area contributed by atoms with Crippen LogP contribution in [0, 0.1) is 0 Å². The zero-order chi connectivity index (χ0) is 25.6. The lowest BCUT2D eigenvalue weighted by molar-refractivity contribution is 1.18. The van der Waals surface area contributed by atoms with Gasteiger partial charge in [-0.1, -0.05) is 91.6 Å². The van der Waals surface area contributed by atoms with E-state index in [1.54, 1.807) is 0 Å². The van der Waals surface area contributed by atoms with Gasteiger partial charge in [-0.15, -0.1) is 0 Å². The summed E-state index contributed by atoms with van der Waals surface area (Å²) >= 11 is 2.40. The Kier molecular flexibility index (Phi) is 6.17. The van der Waals surface area contributed by atoms with Crippen LogP contribution in [0.15, 0.2) is 121 Å². The predicted octanol–water partition coefficient (Wildman–Crippen LogP) is 9.48. The Morgan fingerprint density at radius 2 is 1.14 bits per heavy atom. The molecule has 0 fully saturated rings. The SMILES string of the molecule is C[Si](C)(C)c1ccc(N(I)c2ccc(-c3ccc4c(c3)c3ccccc3n4-c3ccccc3)cc2)cc1. The van der Waals surface area contributed by atoms with Gasteiger partial charge in [-0.2, -0.15) is 0 Å². The molecule has 0 aliphatic carbocycles. The van der Waals surface area contributed by atoms with E-state index in [9.17, 15) is 0 Å². The van der Waals surface area contributed by atoms with Crippen LogP contribution in [0.25, 0.3) is 38.6 Å². The maximum absolute atomic E-state index is 2.40. The van der Waals surface area contributed by atoms with Crippen LogP contribution in [-0.4, -0.2) is 12.6 Å². The molecule has 0 radical (unpaired) electrons. The zero-order valence-electron chi connectivity index (χ0n) is 21.3. The van der Waals surface area contributed by atoms with E-state index < -0.39 is 8.07 Å². The van der Waals surface area contributed by atoms with Crippen molar-refractivity contribution in [3.8, 4) is 16.8 Å². The Morgan fingerprint density at radius 3 is 1.81 bits per heavy atom. The number of fused-ring (bicyclic) bond motifs is 3. The molecule has 6 aromatic rings. The first kappa shape index (κ1) is 24.0. The Morgan fingerprint density at radius 1 is 0.568 bits per heavy atom. The molecule has 0 atom stereocenters. The molecule has 0 saturated carbocycles. The summed E-state index contributed by atoms with van der Waals surface area (Å²) in [6, 6.07) is 44.1. The number of anilines is 2. The molecule has 0 aliphatic heterocycles. The van der Waals surface area contributed by atoms with Crippen LogP contribution in [-0.2, 0) is 0 Å². The normalized spacial score (nSPS) is 11.8. The number of rotatable bonds is 5. The summed E-state index contributed by atoms with van der Waals surface area (Å²) in [7, 11) is -1.29. The van der Waals surface area contributed by atoms with Crippen molar-refractivity contribution >= 4 is 69.3 Å². The van der Waals surface area contributed by atoms with Gasteiger partial charge in [-0.25, -0.2) is 0 Å². The highest BCUT2D eigenvalue weighted by molar-refractivity contribution is 14.1. The first-order chi connectivity index (χ1) is 17.9. The molecule has 0 aliphatic rings.